The number of methoxy groups -OCH3 is 1. The largest absolute Gasteiger partial charge is 0.382 e. The number of hydrogen-bond acceptors (Lipinski definition) is 4. The van der Waals surface area contributed by atoms with E-state index in [-0.39, 0.29) is 5.60 Å². The molecule has 21 heavy (non-hydrogen) atoms. The van der Waals surface area contributed by atoms with Crippen LogP contribution in [0.25, 0.3) is 0 Å². The summed E-state index contributed by atoms with van der Waals surface area (Å²) in [6, 6.07) is 6.78. The lowest BCUT2D eigenvalue weighted by molar-refractivity contribution is -0.0628. The molecule has 2 aliphatic heterocycles. The van der Waals surface area contributed by atoms with Gasteiger partial charge in [-0.05, 0) is 37.1 Å². The van der Waals surface area contributed by atoms with Crippen molar-refractivity contribution < 1.29 is 9.47 Å². The SMILES string of the molecule is COCc1c(Br)cccc1NC1CCOC2(CCSC2)C1. The highest BCUT2D eigenvalue weighted by atomic mass is 79.9. The minimum Gasteiger partial charge on any atom is -0.382 e. The monoisotopic (exact) mass is 371 g/mol. The maximum absolute atomic E-state index is 6.10. The van der Waals surface area contributed by atoms with E-state index in [0.717, 1.165) is 29.7 Å². The first-order valence-corrected chi connectivity index (χ1v) is 9.42. The smallest absolute Gasteiger partial charge is 0.0799 e. The summed E-state index contributed by atoms with van der Waals surface area (Å²) in [7, 11) is 1.74. The second kappa shape index (κ2) is 6.90. The van der Waals surface area contributed by atoms with Crippen molar-refractivity contribution in [3.8, 4) is 0 Å². The highest BCUT2D eigenvalue weighted by Crippen LogP contribution is 2.39. The summed E-state index contributed by atoms with van der Waals surface area (Å²) in [6.45, 7) is 1.49. The fourth-order valence-electron chi connectivity index (χ4n) is 3.22. The quantitative estimate of drug-likeness (QED) is 0.864. The summed E-state index contributed by atoms with van der Waals surface area (Å²) in [5.41, 5.74) is 2.49. The van der Waals surface area contributed by atoms with Gasteiger partial charge >= 0.3 is 0 Å². The standard InChI is InChI=1S/C16H22BrNO2S/c1-19-10-13-14(17)3-2-4-15(13)18-12-5-7-20-16(9-12)6-8-21-11-16/h2-4,12,18H,5-11H2,1H3. The van der Waals surface area contributed by atoms with Gasteiger partial charge < -0.3 is 14.8 Å². The van der Waals surface area contributed by atoms with Gasteiger partial charge in [-0.1, -0.05) is 22.0 Å². The summed E-state index contributed by atoms with van der Waals surface area (Å²) < 4.78 is 12.5. The number of nitrogens with one attached hydrogen (secondary N) is 1. The van der Waals surface area contributed by atoms with E-state index in [0.29, 0.717) is 12.6 Å². The first kappa shape index (κ1) is 15.7. The molecule has 2 heterocycles. The van der Waals surface area contributed by atoms with Crippen LogP contribution in [0.3, 0.4) is 0 Å². The van der Waals surface area contributed by atoms with E-state index in [2.05, 4.69) is 39.4 Å². The van der Waals surface area contributed by atoms with Crippen molar-refractivity contribution >= 4 is 33.4 Å². The second-order valence-corrected chi connectivity index (χ2v) is 7.83. The number of ether oxygens (including phenoxy) is 2. The van der Waals surface area contributed by atoms with Crippen molar-refractivity contribution in [1.82, 2.24) is 0 Å². The molecule has 5 heteroatoms. The van der Waals surface area contributed by atoms with E-state index < -0.39 is 0 Å². The van der Waals surface area contributed by atoms with Crippen LogP contribution in [-0.2, 0) is 16.1 Å². The molecule has 1 N–H and O–H groups in total. The van der Waals surface area contributed by atoms with E-state index in [9.17, 15) is 0 Å². The summed E-state index contributed by atoms with van der Waals surface area (Å²) in [5.74, 6) is 2.38. The number of thioether (sulfide) groups is 1. The van der Waals surface area contributed by atoms with Gasteiger partial charge in [-0.15, -0.1) is 0 Å². The van der Waals surface area contributed by atoms with Crippen molar-refractivity contribution in [2.24, 2.45) is 0 Å². The minimum atomic E-state index is 0.119. The van der Waals surface area contributed by atoms with Gasteiger partial charge in [0.15, 0.2) is 0 Å². The highest BCUT2D eigenvalue weighted by molar-refractivity contribution is 9.10. The zero-order valence-corrected chi connectivity index (χ0v) is 14.8. The molecule has 116 valence electrons. The molecule has 2 atom stereocenters. The Morgan fingerprint density at radius 2 is 2.43 bits per heavy atom. The fraction of sp³-hybridized carbons (Fsp3) is 0.625. The molecule has 0 bridgehead atoms. The van der Waals surface area contributed by atoms with Crippen molar-refractivity contribution in [3.63, 3.8) is 0 Å². The summed E-state index contributed by atoms with van der Waals surface area (Å²) in [5, 5.41) is 3.73. The molecule has 0 radical (unpaired) electrons. The van der Waals surface area contributed by atoms with Crippen LogP contribution < -0.4 is 5.32 Å². The molecule has 0 saturated carbocycles. The Bertz CT molecular complexity index is 491. The molecule has 1 spiro atoms. The Morgan fingerprint density at radius 1 is 1.52 bits per heavy atom. The van der Waals surface area contributed by atoms with Gasteiger partial charge in [-0.25, -0.2) is 0 Å². The maximum Gasteiger partial charge on any atom is 0.0799 e. The number of anilines is 1. The summed E-state index contributed by atoms with van der Waals surface area (Å²) >= 11 is 5.65. The van der Waals surface area contributed by atoms with E-state index in [1.807, 2.05) is 11.8 Å². The molecule has 0 aliphatic carbocycles. The molecule has 1 aromatic carbocycles. The molecule has 3 nitrogen and oxygen atoms in total. The first-order valence-electron chi connectivity index (χ1n) is 7.47. The van der Waals surface area contributed by atoms with Gasteiger partial charge in [-0.2, -0.15) is 11.8 Å². The normalized spacial score (nSPS) is 29.0. The van der Waals surface area contributed by atoms with Crippen LogP contribution in [0.15, 0.2) is 22.7 Å². The molecular weight excluding hydrogens is 350 g/mol. The topological polar surface area (TPSA) is 30.5 Å². The van der Waals surface area contributed by atoms with Crippen LogP contribution >= 0.6 is 27.7 Å². The fourth-order valence-corrected chi connectivity index (χ4v) is 5.08. The molecule has 2 saturated heterocycles. The third kappa shape index (κ3) is 3.58. The van der Waals surface area contributed by atoms with Crippen LogP contribution in [0.4, 0.5) is 5.69 Å². The number of rotatable bonds is 4. The lowest BCUT2D eigenvalue weighted by Gasteiger charge is -2.38. The van der Waals surface area contributed by atoms with Crippen LogP contribution in [0.5, 0.6) is 0 Å². The minimum absolute atomic E-state index is 0.119. The third-order valence-corrected chi connectivity index (χ3v) is 6.29. The Morgan fingerprint density at radius 3 is 3.19 bits per heavy atom. The van der Waals surface area contributed by atoms with Crippen LogP contribution in [0, 0.1) is 0 Å². The molecule has 3 rings (SSSR count). The Hall–Kier alpha value is -0.230. The van der Waals surface area contributed by atoms with Crippen molar-refractivity contribution in [3.05, 3.63) is 28.2 Å². The Labute approximate surface area is 139 Å². The first-order chi connectivity index (χ1) is 10.2. The molecular formula is C16H22BrNO2S. The van der Waals surface area contributed by atoms with E-state index in [1.165, 1.54) is 23.4 Å². The Balaban J connectivity index is 1.72. The lowest BCUT2D eigenvalue weighted by Crippen LogP contribution is -2.44. The lowest BCUT2D eigenvalue weighted by atomic mass is 9.89. The number of benzene rings is 1. The molecule has 2 fully saturated rings. The number of hydrogen-bond donors (Lipinski definition) is 1. The summed E-state index contributed by atoms with van der Waals surface area (Å²) in [6.07, 6.45) is 3.38. The Kier molecular flexibility index (Phi) is 5.15. The zero-order chi connectivity index (χ0) is 14.7. The summed E-state index contributed by atoms with van der Waals surface area (Å²) in [4.78, 5) is 0. The van der Waals surface area contributed by atoms with Gasteiger partial charge in [0.2, 0.25) is 0 Å². The van der Waals surface area contributed by atoms with E-state index in [1.54, 1.807) is 7.11 Å². The highest BCUT2D eigenvalue weighted by Gasteiger charge is 2.40. The molecule has 0 amide bonds. The van der Waals surface area contributed by atoms with Crippen molar-refractivity contribution in [2.75, 3.05) is 30.5 Å². The van der Waals surface area contributed by atoms with Crippen molar-refractivity contribution in [1.29, 1.82) is 0 Å². The molecule has 2 aliphatic rings. The molecule has 2 unspecified atom stereocenters. The van der Waals surface area contributed by atoms with E-state index >= 15 is 0 Å². The van der Waals surface area contributed by atoms with Crippen LogP contribution in [0.1, 0.15) is 24.8 Å². The third-order valence-electron chi connectivity index (χ3n) is 4.33. The maximum atomic E-state index is 6.10. The van der Waals surface area contributed by atoms with Gasteiger partial charge in [0.05, 0.1) is 12.2 Å². The molecule has 1 aromatic rings. The van der Waals surface area contributed by atoms with Gasteiger partial charge in [-0.3, -0.25) is 0 Å². The van der Waals surface area contributed by atoms with Gasteiger partial charge in [0.1, 0.15) is 0 Å². The van der Waals surface area contributed by atoms with Crippen molar-refractivity contribution in [2.45, 2.75) is 37.5 Å². The van der Waals surface area contributed by atoms with E-state index in [4.69, 9.17) is 9.47 Å². The average Bonchev–Trinajstić information content (AvgIpc) is 2.91. The predicted molar refractivity (Wildman–Crippen MR) is 92.1 cm³/mol. The number of halogens is 1. The van der Waals surface area contributed by atoms with Gasteiger partial charge in [0, 0.05) is 41.2 Å². The average molecular weight is 372 g/mol. The van der Waals surface area contributed by atoms with Crippen LogP contribution in [-0.4, -0.2) is 36.9 Å². The molecule has 0 aromatic heterocycles. The second-order valence-electron chi connectivity index (χ2n) is 5.87. The van der Waals surface area contributed by atoms with Gasteiger partial charge in [0.25, 0.3) is 0 Å². The predicted octanol–water partition coefficient (Wildman–Crippen LogP) is 4.06. The zero-order valence-electron chi connectivity index (χ0n) is 12.4. The van der Waals surface area contributed by atoms with Crippen LogP contribution in [0.2, 0.25) is 0 Å².